The second-order valence-electron chi connectivity index (χ2n) is 6.31. The minimum atomic E-state index is -0.284. The van der Waals surface area contributed by atoms with Crippen LogP contribution in [0, 0.1) is 0 Å². The zero-order valence-electron chi connectivity index (χ0n) is 14.9. The highest BCUT2D eigenvalue weighted by atomic mass is 16.5. The normalized spacial score (nSPS) is 12.2. The van der Waals surface area contributed by atoms with Crippen molar-refractivity contribution in [2.24, 2.45) is 0 Å². The topological polar surface area (TPSA) is 65.5 Å². The van der Waals surface area contributed by atoms with Crippen LogP contribution in [-0.4, -0.2) is 11.1 Å². The molecular formula is C22H19NO4. The van der Waals surface area contributed by atoms with Gasteiger partial charge in [0.15, 0.2) is 5.76 Å². The van der Waals surface area contributed by atoms with E-state index in [1.165, 1.54) is 0 Å². The number of hydrogen-bond acceptors (Lipinski definition) is 5. The van der Waals surface area contributed by atoms with Gasteiger partial charge in [0.2, 0.25) is 5.76 Å². The van der Waals surface area contributed by atoms with E-state index in [1.807, 2.05) is 67.6 Å². The molecule has 2 aromatic carbocycles. The van der Waals surface area contributed by atoms with Gasteiger partial charge >= 0.3 is 5.97 Å². The Labute approximate surface area is 156 Å². The highest BCUT2D eigenvalue weighted by Crippen LogP contribution is 2.28. The zero-order valence-corrected chi connectivity index (χ0v) is 14.9. The molecule has 5 heteroatoms. The predicted molar refractivity (Wildman–Crippen MR) is 101 cm³/mol. The molecule has 0 aliphatic carbocycles. The first-order chi connectivity index (χ1) is 13.2. The molecule has 27 heavy (non-hydrogen) atoms. The summed E-state index contributed by atoms with van der Waals surface area (Å²) in [6.45, 7) is 2.03. The molecular weight excluding hydrogens is 342 g/mol. The van der Waals surface area contributed by atoms with Crippen molar-refractivity contribution in [3.05, 3.63) is 78.0 Å². The van der Waals surface area contributed by atoms with Crippen LogP contribution < -0.4 is 0 Å². The molecule has 4 rings (SSSR count). The average molecular weight is 361 g/mol. The van der Waals surface area contributed by atoms with Crippen molar-refractivity contribution < 1.29 is 18.5 Å². The number of carbonyl (C=O) groups is 1. The van der Waals surface area contributed by atoms with Crippen LogP contribution in [0.15, 0.2) is 75.7 Å². The van der Waals surface area contributed by atoms with Crippen LogP contribution in [0.1, 0.15) is 30.5 Å². The second-order valence-corrected chi connectivity index (χ2v) is 6.31. The molecule has 4 aromatic rings. The maximum Gasteiger partial charge on any atom is 0.313 e. The van der Waals surface area contributed by atoms with Crippen LogP contribution in [0.2, 0.25) is 0 Å². The van der Waals surface area contributed by atoms with Gasteiger partial charge in [0.25, 0.3) is 0 Å². The van der Waals surface area contributed by atoms with Crippen molar-refractivity contribution in [3.63, 3.8) is 0 Å². The quantitative estimate of drug-likeness (QED) is 0.435. The number of rotatable bonds is 6. The Balaban J connectivity index is 1.44. The highest BCUT2D eigenvalue weighted by molar-refractivity contribution is 5.81. The summed E-state index contributed by atoms with van der Waals surface area (Å²) >= 11 is 0. The average Bonchev–Trinajstić information content (AvgIpc) is 3.34. The van der Waals surface area contributed by atoms with E-state index in [0.29, 0.717) is 23.6 Å². The van der Waals surface area contributed by atoms with Crippen molar-refractivity contribution in [2.45, 2.75) is 25.9 Å². The van der Waals surface area contributed by atoms with Crippen LogP contribution in [0.4, 0.5) is 0 Å². The Morgan fingerprint density at radius 2 is 1.81 bits per heavy atom. The summed E-state index contributed by atoms with van der Waals surface area (Å²) in [5.74, 6) is 0.550. The molecule has 136 valence electrons. The van der Waals surface area contributed by atoms with Crippen LogP contribution in [-0.2, 0) is 16.1 Å². The monoisotopic (exact) mass is 361 g/mol. The number of hydrogen-bond donors (Lipinski definition) is 0. The van der Waals surface area contributed by atoms with E-state index in [4.69, 9.17) is 13.7 Å². The molecule has 5 nitrogen and oxygen atoms in total. The smallest absolute Gasteiger partial charge is 0.313 e. The largest absolute Gasteiger partial charge is 0.459 e. The molecule has 0 aliphatic heterocycles. The Kier molecular flexibility index (Phi) is 4.75. The Morgan fingerprint density at radius 1 is 1.04 bits per heavy atom. The first-order valence-electron chi connectivity index (χ1n) is 8.90. The summed E-state index contributed by atoms with van der Waals surface area (Å²) in [7, 11) is 0. The number of ether oxygens (including phenoxy) is 1. The Hall–Kier alpha value is -3.34. The number of fused-ring (bicyclic) bond motifs is 1. The van der Waals surface area contributed by atoms with E-state index in [0.717, 1.165) is 16.5 Å². The molecule has 0 spiro atoms. The lowest BCUT2D eigenvalue weighted by atomic mass is 9.97. The molecule has 0 fully saturated rings. The van der Waals surface area contributed by atoms with Gasteiger partial charge in [-0.25, -0.2) is 0 Å². The SMILES string of the molecule is CCC(C(=O)OCc1cc(-c2cc3ccccc3o2)on1)c1ccccc1. The predicted octanol–water partition coefficient (Wildman–Crippen LogP) is 5.32. The molecule has 1 atom stereocenters. The third kappa shape index (κ3) is 3.62. The Bertz CT molecular complexity index is 1020. The lowest BCUT2D eigenvalue weighted by molar-refractivity contribution is -0.147. The van der Waals surface area contributed by atoms with Gasteiger partial charge in [-0.15, -0.1) is 0 Å². The summed E-state index contributed by atoms with van der Waals surface area (Å²) in [5, 5.41) is 4.97. The van der Waals surface area contributed by atoms with E-state index in [9.17, 15) is 4.79 Å². The van der Waals surface area contributed by atoms with Crippen LogP contribution >= 0.6 is 0 Å². The van der Waals surface area contributed by atoms with Crippen molar-refractivity contribution in [3.8, 4) is 11.5 Å². The van der Waals surface area contributed by atoms with Crippen molar-refractivity contribution in [1.29, 1.82) is 0 Å². The molecule has 1 unspecified atom stereocenters. The van der Waals surface area contributed by atoms with Gasteiger partial charge in [0, 0.05) is 11.5 Å². The first kappa shape index (κ1) is 17.1. The lowest BCUT2D eigenvalue weighted by Crippen LogP contribution is -2.15. The van der Waals surface area contributed by atoms with E-state index >= 15 is 0 Å². The number of esters is 1. The summed E-state index contributed by atoms with van der Waals surface area (Å²) < 4.78 is 16.6. The summed E-state index contributed by atoms with van der Waals surface area (Å²) in [6.07, 6.45) is 0.673. The number of nitrogens with zero attached hydrogens (tertiary/aromatic N) is 1. The number of benzene rings is 2. The minimum Gasteiger partial charge on any atom is -0.459 e. The number of para-hydroxylation sites is 1. The Morgan fingerprint density at radius 3 is 2.59 bits per heavy atom. The van der Waals surface area contributed by atoms with Gasteiger partial charge in [-0.2, -0.15) is 0 Å². The van der Waals surface area contributed by atoms with Crippen LogP contribution in [0.5, 0.6) is 0 Å². The number of furan rings is 1. The lowest BCUT2D eigenvalue weighted by Gasteiger charge is -2.13. The molecule has 2 aromatic heterocycles. The molecule has 0 aliphatic rings. The molecule has 0 radical (unpaired) electrons. The van der Waals surface area contributed by atoms with Crippen molar-refractivity contribution in [1.82, 2.24) is 5.16 Å². The van der Waals surface area contributed by atoms with E-state index < -0.39 is 0 Å². The van der Waals surface area contributed by atoms with Gasteiger partial charge in [0.1, 0.15) is 17.9 Å². The fourth-order valence-electron chi connectivity index (χ4n) is 3.07. The molecule has 0 saturated heterocycles. The molecule has 2 heterocycles. The van der Waals surface area contributed by atoms with E-state index in [2.05, 4.69) is 5.16 Å². The fourth-order valence-corrected chi connectivity index (χ4v) is 3.07. The fraction of sp³-hybridized carbons (Fsp3) is 0.182. The van der Waals surface area contributed by atoms with Gasteiger partial charge in [-0.05, 0) is 24.1 Å². The van der Waals surface area contributed by atoms with Crippen molar-refractivity contribution >= 4 is 16.9 Å². The summed E-state index contributed by atoms with van der Waals surface area (Å²) in [6, 6.07) is 21.0. The maximum atomic E-state index is 12.4. The summed E-state index contributed by atoms with van der Waals surface area (Å²) in [5.41, 5.74) is 2.28. The number of aromatic nitrogens is 1. The zero-order chi connectivity index (χ0) is 18.6. The van der Waals surface area contributed by atoms with Crippen LogP contribution in [0.3, 0.4) is 0 Å². The van der Waals surface area contributed by atoms with E-state index in [-0.39, 0.29) is 18.5 Å². The van der Waals surface area contributed by atoms with Gasteiger partial charge in [0.05, 0.1) is 5.92 Å². The second kappa shape index (κ2) is 7.50. The third-order valence-electron chi connectivity index (χ3n) is 4.48. The first-order valence-corrected chi connectivity index (χ1v) is 8.90. The molecule has 0 bridgehead atoms. The molecule has 0 amide bonds. The molecule has 0 saturated carbocycles. The van der Waals surface area contributed by atoms with Gasteiger partial charge in [-0.3, -0.25) is 4.79 Å². The third-order valence-corrected chi connectivity index (χ3v) is 4.48. The van der Waals surface area contributed by atoms with Gasteiger partial charge in [-0.1, -0.05) is 60.6 Å². The van der Waals surface area contributed by atoms with Crippen LogP contribution in [0.25, 0.3) is 22.5 Å². The number of carbonyl (C=O) groups excluding carboxylic acids is 1. The van der Waals surface area contributed by atoms with E-state index in [1.54, 1.807) is 6.07 Å². The summed E-state index contributed by atoms with van der Waals surface area (Å²) in [4.78, 5) is 12.4. The van der Waals surface area contributed by atoms with Gasteiger partial charge < -0.3 is 13.7 Å². The highest BCUT2D eigenvalue weighted by Gasteiger charge is 2.21. The molecule has 0 N–H and O–H groups in total. The standard InChI is InChI=1S/C22H19NO4/c1-2-18(15-8-4-3-5-9-15)22(24)25-14-17-13-21(27-23-17)20-12-16-10-6-7-11-19(16)26-20/h3-13,18H,2,14H2,1H3. The van der Waals surface area contributed by atoms with Crippen molar-refractivity contribution in [2.75, 3.05) is 0 Å². The minimum absolute atomic E-state index is 0.0614. The maximum absolute atomic E-state index is 12.4.